The second-order valence-electron chi connectivity index (χ2n) is 5.68. The monoisotopic (exact) mass is 424 g/mol. The van der Waals surface area contributed by atoms with Crippen molar-refractivity contribution in [2.45, 2.75) is 11.8 Å². The molecule has 9 nitrogen and oxygen atoms in total. The summed E-state index contributed by atoms with van der Waals surface area (Å²) in [7, 11) is -2.23. The van der Waals surface area contributed by atoms with Crippen molar-refractivity contribution in [2.24, 2.45) is 0 Å². The Hall–Kier alpha value is -3.47. The molecule has 0 aliphatic rings. The number of carbonyl (C=O) groups is 3. The number of nitrogens with one attached hydrogen (secondary N) is 2. The van der Waals surface area contributed by atoms with Crippen LogP contribution in [0.2, 0.25) is 0 Å². The van der Waals surface area contributed by atoms with Crippen molar-refractivity contribution in [1.29, 1.82) is 0 Å². The molecule has 2 aromatic rings. The molecule has 0 saturated carbocycles. The van der Waals surface area contributed by atoms with Gasteiger partial charge in [0.2, 0.25) is 5.91 Å². The van der Waals surface area contributed by atoms with Crippen LogP contribution in [0.5, 0.6) is 0 Å². The number of rotatable bonds is 6. The molecule has 0 saturated heterocycles. The van der Waals surface area contributed by atoms with Crippen LogP contribution in [0.3, 0.4) is 0 Å². The Morgan fingerprint density at radius 2 is 1.62 bits per heavy atom. The Labute approximate surface area is 165 Å². The number of methoxy groups -OCH3 is 2. The molecular formula is C18H17FN2O7S. The molecule has 0 aromatic heterocycles. The average molecular weight is 424 g/mol. The van der Waals surface area contributed by atoms with Gasteiger partial charge in [-0.15, -0.1) is 0 Å². The number of hydrogen-bond donors (Lipinski definition) is 2. The molecule has 0 radical (unpaired) electrons. The molecule has 154 valence electrons. The summed E-state index contributed by atoms with van der Waals surface area (Å²) in [5, 5.41) is 2.23. The summed E-state index contributed by atoms with van der Waals surface area (Å²) in [5.74, 6) is -3.08. The van der Waals surface area contributed by atoms with Crippen LogP contribution in [0.15, 0.2) is 41.3 Å². The summed E-state index contributed by atoms with van der Waals surface area (Å²) in [6, 6.07) is 6.42. The summed E-state index contributed by atoms with van der Waals surface area (Å²) in [5.41, 5.74) is -0.765. The third-order valence-electron chi connectivity index (χ3n) is 3.63. The molecule has 0 aliphatic carbocycles. The van der Waals surface area contributed by atoms with Crippen molar-refractivity contribution < 1.29 is 36.7 Å². The number of ether oxygens (including phenoxy) is 2. The van der Waals surface area contributed by atoms with Gasteiger partial charge in [0.05, 0.1) is 36.7 Å². The highest BCUT2D eigenvalue weighted by atomic mass is 32.2. The summed E-state index contributed by atoms with van der Waals surface area (Å²) in [6.45, 7) is 1.16. The molecule has 2 rings (SSSR count). The SMILES string of the molecule is COC(=O)c1ccc(C(=O)OC)c(S(=O)(=O)Nc2ccc(F)c(NC(C)=O)c2)c1. The molecule has 1 amide bonds. The third-order valence-corrected chi connectivity index (χ3v) is 5.05. The first kappa shape index (κ1) is 21.8. The van der Waals surface area contributed by atoms with Gasteiger partial charge in [0.15, 0.2) is 0 Å². The third kappa shape index (κ3) is 5.08. The number of esters is 2. The van der Waals surface area contributed by atoms with Gasteiger partial charge < -0.3 is 14.8 Å². The van der Waals surface area contributed by atoms with E-state index in [1.54, 1.807) is 0 Å². The van der Waals surface area contributed by atoms with Crippen LogP contribution < -0.4 is 10.0 Å². The normalized spacial score (nSPS) is 10.8. The van der Waals surface area contributed by atoms with Gasteiger partial charge in [-0.3, -0.25) is 9.52 Å². The zero-order valence-corrected chi connectivity index (χ0v) is 16.4. The molecule has 29 heavy (non-hydrogen) atoms. The molecule has 0 atom stereocenters. The number of amides is 1. The summed E-state index contributed by atoms with van der Waals surface area (Å²) in [6.07, 6.45) is 0. The molecule has 0 spiro atoms. The molecule has 0 bridgehead atoms. The molecule has 0 fully saturated rings. The smallest absolute Gasteiger partial charge is 0.339 e. The lowest BCUT2D eigenvalue weighted by atomic mass is 10.1. The Bertz CT molecular complexity index is 1080. The Kier molecular flexibility index (Phi) is 6.54. The highest BCUT2D eigenvalue weighted by Crippen LogP contribution is 2.25. The van der Waals surface area contributed by atoms with Gasteiger partial charge in [-0.1, -0.05) is 0 Å². The lowest BCUT2D eigenvalue weighted by Crippen LogP contribution is -2.19. The first-order chi connectivity index (χ1) is 13.6. The van der Waals surface area contributed by atoms with Crippen molar-refractivity contribution >= 4 is 39.2 Å². The number of anilines is 2. The van der Waals surface area contributed by atoms with E-state index in [-0.39, 0.29) is 22.5 Å². The predicted molar refractivity (Wildman–Crippen MR) is 101 cm³/mol. The van der Waals surface area contributed by atoms with Gasteiger partial charge in [0.1, 0.15) is 10.7 Å². The maximum Gasteiger partial charge on any atom is 0.339 e. The van der Waals surface area contributed by atoms with Crippen molar-refractivity contribution in [2.75, 3.05) is 24.3 Å². The minimum Gasteiger partial charge on any atom is -0.465 e. The summed E-state index contributed by atoms with van der Waals surface area (Å²) >= 11 is 0. The van der Waals surface area contributed by atoms with E-state index in [1.807, 2.05) is 0 Å². The molecular weight excluding hydrogens is 407 g/mol. The van der Waals surface area contributed by atoms with Gasteiger partial charge in [-0.2, -0.15) is 0 Å². The number of halogens is 1. The Balaban J connectivity index is 2.53. The van der Waals surface area contributed by atoms with Crippen LogP contribution in [0.25, 0.3) is 0 Å². The first-order valence-corrected chi connectivity index (χ1v) is 9.48. The number of benzene rings is 2. The molecule has 11 heteroatoms. The fraction of sp³-hybridized carbons (Fsp3) is 0.167. The van der Waals surface area contributed by atoms with Gasteiger partial charge in [-0.05, 0) is 36.4 Å². The average Bonchev–Trinajstić information content (AvgIpc) is 2.68. The van der Waals surface area contributed by atoms with Crippen LogP contribution >= 0.6 is 0 Å². The first-order valence-electron chi connectivity index (χ1n) is 7.99. The highest BCUT2D eigenvalue weighted by Gasteiger charge is 2.25. The molecule has 2 aromatic carbocycles. The number of carbonyl (C=O) groups excluding carboxylic acids is 3. The largest absolute Gasteiger partial charge is 0.465 e. The fourth-order valence-electron chi connectivity index (χ4n) is 2.35. The maximum atomic E-state index is 13.8. The van der Waals surface area contributed by atoms with Crippen LogP contribution in [-0.2, 0) is 24.3 Å². The van der Waals surface area contributed by atoms with E-state index in [4.69, 9.17) is 0 Å². The molecule has 2 N–H and O–H groups in total. The quantitative estimate of drug-likeness (QED) is 0.680. The molecule has 0 aliphatic heterocycles. The Morgan fingerprint density at radius 1 is 0.966 bits per heavy atom. The highest BCUT2D eigenvalue weighted by molar-refractivity contribution is 7.92. The molecule has 0 heterocycles. The maximum absolute atomic E-state index is 13.8. The van der Waals surface area contributed by atoms with Crippen molar-refractivity contribution in [3.05, 3.63) is 53.3 Å². The number of sulfonamides is 1. The second-order valence-corrected chi connectivity index (χ2v) is 7.33. The van der Waals surface area contributed by atoms with E-state index in [0.29, 0.717) is 0 Å². The van der Waals surface area contributed by atoms with E-state index < -0.39 is 38.6 Å². The van der Waals surface area contributed by atoms with Gasteiger partial charge in [0, 0.05) is 6.92 Å². The predicted octanol–water partition coefficient (Wildman–Crippen LogP) is 2.16. The van der Waals surface area contributed by atoms with Crippen molar-refractivity contribution in [1.82, 2.24) is 0 Å². The van der Waals surface area contributed by atoms with Gasteiger partial charge >= 0.3 is 11.9 Å². The van der Waals surface area contributed by atoms with E-state index in [0.717, 1.165) is 51.5 Å². The summed E-state index contributed by atoms with van der Waals surface area (Å²) in [4.78, 5) is 34.3. The minimum absolute atomic E-state index is 0.0885. The zero-order valence-electron chi connectivity index (χ0n) is 15.6. The van der Waals surface area contributed by atoms with Crippen LogP contribution in [0, 0.1) is 5.82 Å². The summed E-state index contributed by atoms with van der Waals surface area (Å²) < 4.78 is 50.8. The second kappa shape index (κ2) is 8.69. The Morgan fingerprint density at radius 3 is 2.21 bits per heavy atom. The van der Waals surface area contributed by atoms with Crippen molar-refractivity contribution in [3.8, 4) is 0 Å². The van der Waals surface area contributed by atoms with E-state index in [2.05, 4.69) is 19.5 Å². The van der Waals surface area contributed by atoms with Crippen molar-refractivity contribution in [3.63, 3.8) is 0 Å². The van der Waals surface area contributed by atoms with E-state index >= 15 is 0 Å². The lowest BCUT2D eigenvalue weighted by Gasteiger charge is -2.13. The van der Waals surface area contributed by atoms with Gasteiger partial charge in [0.25, 0.3) is 10.0 Å². The minimum atomic E-state index is -4.42. The van der Waals surface area contributed by atoms with E-state index in [1.165, 1.54) is 6.07 Å². The fourth-order valence-corrected chi connectivity index (χ4v) is 3.62. The standard InChI is InChI=1S/C18H17FN2O7S/c1-10(22)20-15-9-12(5-7-14(15)19)21-29(25,26)16-8-11(17(23)27-2)4-6-13(16)18(24)28-3/h4-9,21H,1-3H3,(H,20,22). The molecule has 0 unspecified atom stereocenters. The van der Waals surface area contributed by atoms with Crippen LogP contribution in [0.1, 0.15) is 27.6 Å². The van der Waals surface area contributed by atoms with Crippen LogP contribution in [-0.4, -0.2) is 40.5 Å². The topological polar surface area (TPSA) is 128 Å². The zero-order chi connectivity index (χ0) is 21.8. The lowest BCUT2D eigenvalue weighted by molar-refractivity contribution is -0.114. The van der Waals surface area contributed by atoms with Crippen LogP contribution in [0.4, 0.5) is 15.8 Å². The number of hydrogen-bond acceptors (Lipinski definition) is 7. The van der Waals surface area contributed by atoms with Gasteiger partial charge in [-0.25, -0.2) is 22.4 Å². The van der Waals surface area contributed by atoms with E-state index in [9.17, 15) is 27.2 Å².